The first kappa shape index (κ1) is 15.8. The largest absolute Gasteiger partial charge is 0.491 e. The standard InChI is InChI=1S/C12H12ClF3O3/c13-10-4-1-3-9(7-17)11(10)19-6-2-5-18-8-12(14,15)16/h1,3-4,7H,2,5-6,8H2. The van der Waals surface area contributed by atoms with Crippen LogP contribution in [0.15, 0.2) is 18.2 Å². The first-order chi connectivity index (χ1) is 8.94. The van der Waals surface area contributed by atoms with Crippen LogP contribution in [-0.4, -0.2) is 32.3 Å². The van der Waals surface area contributed by atoms with E-state index < -0.39 is 12.8 Å². The van der Waals surface area contributed by atoms with Crippen molar-refractivity contribution in [1.29, 1.82) is 0 Å². The predicted octanol–water partition coefficient (Wildman–Crippen LogP) is 3.50. The second kappa shape index (κ2) is 7.35. The molecule has 1 aromatic rings. The van der Waals surface area contributed by atoms with Gasteiger partial charge >= 0.3 is 6.18 Å². The second-order valence-electron chi connectivity index (χ2n) is 3.65. The van der Waals surface area contributed by atoms with Crippen molar-refractivity contribution in [2.24, 2.45) is 0 Å². The molecule has 0 aliphatic carbocycles. The van der Waals surface area contributed by atoms with Gasteiger partial charge < -0.3 is 9.47 Å². The van der Waals surface area contributed by atoms with Crippen molar-refractivity contribution in [3.63, 3.8) is 0 Å². The summed E-state index contributed by atoms with van der Waals surface area (Å²) in [6.07, 6.45) is -3.46. The highest BCUT2D eigenvalue weighted by Gasteiger charge is 2.27. The molecule has 0 aliphatic heterocycles. The van der Waals surface area contributed by atoms with Crippen molar-refractivity contribution in [2.75, 3.05) is 19.8 Å². The number of para-hydroxylation sites is 1. The lowest BCUT2D eigenvalue weighted by Crippen LogP contribution is -2.18. The molecule has 0 fully saturated rings. The van der Waals surface area contributed by atoms with Crippen LogP contribution in [0.2, 0.25) is 5.02 Å². The Morgan fingerprint density at radius 1 is 1.26 bits per heavy atom. The Balaban J connectivity index is 2.32. The molecule has 1 rings (SSSR count). The van der Waals surface area contributed by atoms with Gasteiger partial charge in [0.1, 0.15) is 12.4 Å². The molecule has 1 aromatic carbocycles. The van der Waals surface area contributed by atoms with Crippen molar-refractivity contribution >= 4 is 17.9 Å². The normalized spacial score (nSPS) is 11.4. The van der Waals surface area contributed by atoms with Gasteiger partial charge in [0.05, 0.1) is 23.8 Å². The number of benzene rings is 1. The molecule has 106 valence electrons. The van der Waals surface area contributed by atoms with Crippen LogP contribution in [0, 0.1) is 0 Å². The maximum atomic E-state index is 11.8. The molecular weight excluding hydrogens is 285 g/mol. The zero-order valence-electron chi connectivity index (χ0n) is 9.87. The van der Waals surface area contributed by atoms with E-state index in [0.29, 0.717) is 11.8 Å². The van der Waals surface area contributed by atoms with Gasteiger partial charge in [-0.15, -0.1) is 0 Å². The van der Waals surface area contributed by atoms with Gasteiger partial charge in [-0.05, 0) is 12.1 Å². The van der Waals surface area contributed by atoms with Crippen molar-refractivity contribution < 1.29 is 27.4 Å². The van der Waals surface area contributed by atoms with E-state index in [1.165, 1.54) is 6.07 Å². The number of hydrogen-bond donors (Lipinski definition) is 0. The van der Waals surface area contributed by atoms with E-state index in [2.05, 4.69) is 4.74 Å². The average molecular weight is 297 g/mol. The number of hydrogen-bond acceptors (Lipinski definition) is 3. The minimum absolute atomic E-state index is 0.0830. The monoisotopic (exact) mass is 296 g/mol. The molecule has 0 aliphatic rings. The molecule has 0 heterocycles. The fourth-order valence-electron chi connectivity index (χ4n) is 1.29. The van der Waals surface area contributed by atoms with Crippen LogP contribution >= 0.6 is 11.6 Å². The minimum atomic E-state index is -4.33. The van der Waals surface area contributed by atoms with E-state index in [1.54, 1.807) is 12.1 Å². The number of aldehydes is 1. The maximum Gasteiger partial charge on any atom is 0.411 e. The SMILES string of the molecule is O=Cc1cccc(Cl)c1OCCCOCC(F)(F)F. The Morgan fingerprint density at radius 3 is 2.63 bits per heavy atom. The highest BCUT2D eigenvalue weighted by Crippen LogP contribution is 2.27. The highest BCUT2D eigenvalue weighted by atomic mass is 35.5. The lowest BCUT2D eigenvalue weighted by molar-refractivity contribution is -0.174. The van der Waals surface area contributed by atoms with Gasteiger partial charge in [-0.3, -0.25) is 4.79 Å². The predicted molar refractivity (Wildman–Crippen MR) is 63.8 cm³/mol. The third-order valence-electron chi connectivity index (χ3n) is 2.07. The van der Waals surface area contributed by atoms with Crippen LogP contribution in [-0.2, 0) is 4.74 Å². The summed E-state index contributed by atoms with van der Waals surface area (Å²) in [4.78, 5) is 10.7. The minimum Gasteiger partial charge on any atom is -0.491 e. The molecule has 0 saturated heterocycles. The molecule has 19 heavy (non-hydrogen) atoms. The Labute approximate surface area is 113 Å². The Bertz CT molecular complexity index is 421. The number of carbonyl (C=O) groups excluding carboxylic acids is 1. The van der Waals surface area contributed by atoms with Gasteiger partial charge in [0.15, 0.2) is 6.29 Å². The van der Waals surface area contributed by atoms with Crippen LogP contribution in [0.1, 0.15) is 16.8 Å². The summed E-state index contributed by atoms with van der Waals surface area (Å²) in [5, 5.41) is 0.279. The quantitative estimate of drug-likeness (QED) is 0.570. The molecule has 7 heteroatoms. The van der Waals surface area contributed by atoms with Crippen LogP contribution in [0.4, 0.5) is 13.2 Å². The summed E-state index contributed by atoms with van der Waals surface area (Å²) in [7, 11) is 0. The molecule has 3 nitrogen and oxygen atoms in total. The second-order valence-corrected chi connectivity index (χ2v) is 4.05. The Morgan fingerprint density at radius 2 is 2.00 bits per heavy atom. The van der Waals surface area contributed by atoms with Crippen LogP contribution in [0.25, 0.3) is 0 Å². The molecule has 0 radical (unpaired) electrons. The maximum absolute atomic E-state index is 11.8. The summed E-state index contributed by atoms with van der Waals surface area (Å²) in [5.74, 6) is 0.231. The number of ether oxygens (including phenoxy) is 2. The fraction of sp³-hybridized carbons (Fsp3) is 0.417. The van der Waals surface area contributed by atoms with Crippen molar-refractivity contribution in [3.8, 4) is 5.75 Å². The lowest BCUT2D eigenvalue weighted by atomic mass is 10.2. The van der Waals surface area contributed by atoms with E-state index in [9.17, 15) is 18.0 Å². The van der Waals surface area contributed by atoms with E-state index in [4.69, 9.17) is 16.3 Å². The van der Waals surface area contributed by atoms with Crippen LogP contribution in [0.3, 0.4) is 0 Å². The Kier molecular flexibility index (Phi) is 6.11. The molecule has 0 amide bonds. The zero-order valence-corrected chi connectivity index (χ0v) is 10.6. The third kappa shape index (κ3) is 5.94. The average Bonchev–Trinajstić information content (AvgIpc) is 2.33. The summed E-state index contributed by atoms with van der Waals surface area (Å²) >= 11 is 5.84. The molecule has 0 atom stereocenters. The van der Waals surface area contributed by atoms with Crippen molar-refractivity contribution in [2.45, 2.75) is 12.6 Å². The number of carbonyl (C=O) groups is 1. The van der Waals surface area contributed by atoms with Gasteiger partial charge in [0.25, 0.3) is 0 Å². The molecule has 0 unspecified atom stereocenters. The number of alkyl halides is 3. The molecule has 0 saturated carbocycles. The van der Waals surface area contributed by atoms with Gasteiger partial charge in [-0.2, -0.15) is 13.2 Å². The summed E-state index contributed by atoms with van der Waals surface area (Å²) in [5.41, 5.74) is 0.295. The molecular formula is C12H12ClF3O3. The van der Waals surface area contributed by atoms with Crippen molar-refractivity contribution in [1.82, 2.24) is 0 Å². The first-order valence-electron chi connectivity index (χ1n) is 5.45. The smallest absolute Gasteiger partial charge is 0.411 e. The van der Waals surface area contributed by atoms with Gasteiger partial charge in [0, 0.05) is 6.42 Å². The van der Waals surface area contributed by atoms with Gasteiger partial charge in [0.2, 0.25) is 0 Å². The van der Waals surface area contributed by atoms with Crippen LogP contribution < -0.4 is 4.74 Å². The fourth-order valence-corrected chi connectivity index (χ4v) is 1.53. The summed E-state index contributed by atoms with van der Waals surface area (Å²) in [6.45, 7) is -1.25. The number of rotatable bonds is 7. The first-order valence-corrected chi connectivity index (χ1v) is 5.83. The summed E-state index contributed by atoms with van der Waals surface area (Å²) in [6, 6.07) is 4.70. The van der Waals surface area contributed by atoms with Crippen LogP contribution in [0.5, 0.6) is 5.75 Å². The molecule has 0 N–H and O–H groups in total. The van der Waals surface area contributed by atoms with Gasteiger partial charge in [-0.1, -0.05) is 17.7 Å². The Hall–Kier alpha value is -1.27. The lowest BCUT2D eigenvalue weighted by Gasteiger charge is -2.11. The van der Waals surface area contributed by atoms with E-state index in [0.717, 1.165) is 0 Å². The number of halogens is 4. The van der Waals surface area contributed by atoms with Crippen molar-refractivity contribution in [3.05, 3.63) is 28.8 Å². The topological polar surface area (TPSA) is 35.5 Å². The van der Waals surface area contributed by atoms with Gasteiger partial charge in [-0.25, -0.2) is 0 Å². The molecule has 0 bridgehead atoms. The van der Waals surface area contributed by atoms with E-state index >= 15 is 0 Å². The van der Waals surface area contributed by atoms with E-state index in [-0.39, 0.29) is 30.4 Å². The van der Waals surface area contributed by atoms with E-state index in [1.807, 2.05) is 0 Å². The molecule has 0 spiro atoms. The molecule has 0 aromatic heterocycles. The zero-order chi connectivity index (χ0) is 14.3. The third-order valence-corrected chi connectivity index (χ3v) is 2.37. The summed E-state index contributed by atoms with van der Waals surface area (Å²) < 4.78 is 45.0. The highest BCUT2D eigenvalue weighted by molar-refractivity contribution is 6.32.